The van der Waals surface area contributed by atoms with Gasteiger partial charge in [0.25, 0.3) is 0 Å². The van der Waals surface area contributed by atoms with E-state index in [-0.39, 0.29) is 0 Å². The Morgan fingerprint density at radius 3 is 2.56 bits per heavy atom. The maximum absolute atomic E-state index is 8.53. The molecule has 96 valence electrons. The van der Waals surface area contributed by atoms with Crippen LogP contribution in [0.3, 0.4) is 0 Å². The van der Waals surface area contributed by atoms with Gasteiger partial charge in [0, 0.05) is 6.42 Å². The van der Waals surface area contributed by atoms with Crippen molar-refractivity contribution in [3.05, 3.63) is 35.9 Å². The summed E-state index contributed by atoms with van der Waals surface area (Å²) in [6.07, 6.45) is 5.57. The minimum atomic E-state index is 0.698. The summed E-state index contributed by atoms with van der Waals surface area (Å²) < 4.78 is 0. The fraction of sp³-hybridized carbons (Fsp3) is 0.562. The molecule has 0 aliphatic carbocycles. The Balaban J connectivity index is 1.69. The number of likely N-dealkylation sites (tertiary alicyclic amines) is 1. The van der Waals surface area contributed by atoms with Gasteiger partial charge in [-0.15, -0.1) is 0 Å². The highest BCUT2D eigenvalue weighted by molar-refractivity contribution is 5.15. The van der Waals surface area contributed by atoms with Crippen molar-refractivity contribution in [1.82, 2.24) is 4.90 Å². The fourth-order valence-corrected chi connectivity index (χ4v) is 2.74. The summed E-state index contributed by atoms with van der Waals surface area (Å²) in [6, 6.07) is 13.0. The quantitative estimate of drug-likeness (QED) is 0.741. The number of hydrogen-bond donors (Lipinski definition) is 0. The first kappa shape index (κ1) is 13.1. The lowest BCUT2D eigenvalue weighted by Crippen LogP contribution is -2.34. The molecule has 0 spiro atoms. The molecule has 0 unspecified atom stereocenters. The first-order valence-corrected chi connectivity index (χ1v) is 7.01. The summed E-state index contributed by atoms with van der Waals surface area (Å²) in [4.78, 5) is 2.51. The van der Waals surface area contributed by atoms with Crippen LogP contribution in [0.5, 0.6) is 0 Å². The summed E-state index contributed by atoms with van der Waals surface area (Å²) >= 11 is 0. The largest absolute Gasteiger partial charge is 0.303 e. The Hall–Kier alpha value is -1.33. The maximum Gasteiger partial charge on any atom is 0.0622 e. The number of unbranched alkanes of at least 4 members (excludes halogenated alkanes) is 1. The lowest BCUT2D eigenvalue weighted by Gasteiger charge is -2.31. The van der Waals surface area contributed by atoms with Gasteiger partial charge in [0.1, 0.15) is 0 Å². The molecular weight excluding hydrogens is 220 g/mol. The molecule has 1 aromatic rings. The zero-order valence-corrected chi connectivity index (χ0v) is 11.0. The molecule has 2 nitrogen and oxygen atoms in total. The average molecular weight is 242 g/mol. The predicted octanol–water partition coefficient (Wildman–Crippen LogP) is 3.24. The van der Waals surface area contributed by atoms with Crippen molar-refractivity contribution < 1.29 is 0 Å². The smallest absolute Gasteiger partial charge is 0.0622 e. The van der Waals surface area contributed by atoms with E-state index < -0.39 is 0 Å². The second-order valence-electron chi connectivity index (χ2n) is 5.24. The van der Waals surface area contributed by atoms with E-state index in [4.69, 9.17) is 5.26 Å². The Bertz CT molecular complexity index is 372. The van der Waals surface area contributed by atoms with Gasteiger partial charge in [0.05, 0.1) is 6.07 Å². The molecule has 0 amide bonds. The first-order chi connectivity index (χ1) is 8.88. The molecule has 1 saturated heterocycles. The summed E-state index contributed by atoms with van der Waals surface area (Å²) in [5, 5.41) is 8.53. The lowest BCUT2D eigenvalue weighted by molar-refractivity contribution is 0.183. The van der Waals surface area contributed by atoms with Crippen LogP contribution in [0.2, 0.25) is 0 Å². The molecule has 0 N–H and O–H groups in total. The van der Waals surface area contributed by atoms with Gasteiger partial charge in [-0.2, -0.15) is 5.26 Å². The third-order valence-corrected chi connectivity index (χ3v) is 3.84. The summed E-state index contributed by atoms with van der Waals surface area (Å²) in [6.45, 7) is 3.53. The molecule has 1 aromatic carbocycles. The van der Waals surface area contributed by atoms with E-state index in [2.05, 4.69) is 41.3 Å². The van der Waals surface area contributed by atoms with Crippen molar-refractivity contribution in [1.29, 1.82) is 5.26 Å². The van der Waals surface area contributed by atoms with Crippen molar-refractivity contribution >= 4 is 0 Å². The summed E-state index contributed by atoms with van der Waals surface area (Å²) in [5.41, 5.74) is 1.47. The molecule has 0 radical (unpaired) electrons. The highest BCUT2D eigenvalue weighted by atomic mass is 15.1. The number of benzene rings is 1. The van der Waals surface area contributed by atoms with Gasteiger partial charge in [-0.3, -0.25) is 0 Å². The summed E-state index contributed by atoms with van der Waals surface area (Å²) in [5.74, 6) is 0.847. The van der Waals surface area contributed by atoms with Crippen LogP contribution in [0.1, 0.15) is 31.2 Å². The molecule has 2 heteroatoms. The van der Waals surface area contributed by atoms with Crippen LogP contribution in [0.15, 0.2) is 30.3 Å². The minimum absolute atomic E-state index is 0.698. The van der Waals surface area contributed by atoms with Gasteiger partial charge in [0.15, 0.2) is 0 Å². The zero-order chi connectivity index (χ0) is 12.6. The van der Waals surface area contributed by atoms with Crippen molar-refractivity contribution in [2.24, 2.45) is 5.92 Å². The lowest BCUT2D eigenvalue weighted by atomic mass is 9.90. The van der Waals surface area contributed by atoms with Crippen LogP contribution in [-0.2, 0) is 6.42 Å². The SMILES string of the molecule is N#CCCCN1CCC(Cc2ccccc2)CC1. The van der Waals surface area contributed by atoms with Gasteiger partial charge in [-0.1, -0.05) is 30.3 Å². The van der Waals surface area contributed by atoms with Crippen molar-refractivity contribution in [3.63, 3.8) is 0 Å². The molecule has 18 heavy (non-hydrogen) atoms. The highest BCUT2D eigenvalue weighted by Gasteiger charge is 2.18. The molecule has 1 aliphatic heterocycles. The Morgan fingerprint density at radius 2 is 1.89 bits per heavy atom. The van der Waals surface area contributed by atoms with Crippen molar-refractivity contribution in [2.45, 2.75) is 32.1 Å². The van der Waals surface area contributed by atoms with Gasteiger partial charge in [-0.05, 0) is 56.8 Å². The van der Waals surface area contributed by atoms with Crippen LogP contribution < -0.4 is 0 Å². The first-order valence-electron chi connectivity index (χ1n) is 7.01. The van der Waals surface area contributed by atoms with Crippen molar-refractivity contribution in [2.75, 3.05) is 19.6 Å². The Kier molecular flexibility index (Phi) is 5.23. The molecule has 0 aromatic heterocycles. The normalized spacial score (nSPS) is 17.5. The molecule has 1 fully saturated rings. The molecule has 1 aliphatic rings. The van der Waals surface area contributed by atoms with E-state index >= 15 is 0 Å². The second-order valence-corrected chi connectivity index (χ2v) is 5.24. The van der Waals surface area contributed by atoms with E-state index in [0.717, 1.165) is 18.9 Å². The van der Waals surface area contributed by atoms with E-state index in [9.17, 15) is 0 Å². The molecule has 1 heterocycles. The third kappa shape index (κ3) is 4.16. The second kappa shape index (κ2) is 7.18. The van der Waals surface area contributed by atoms with Gasteiger partial charge < -0.3 is 4.90 Å². The highest BCUT2D eigenvalue weighted by Crippen LogP contribution is 2.21. The zero-order valence-electron chi connectivity index (χ0n) is 11.0. The van der Waals surface area contributed by atoms with Crippen LogP contribution in [0.25, 0.3) is 0 Å². The van der Waals surface area contributed by atoms with Crippen LogP contribution in [0.4, 0.5) is 0 Å². The Labute approximate surface area is 110 Å². The number of hydrogen-bond acceptors (Lipinski definition) is 2. The topological polar surface area (TPSA) is 27.0 Å². The van der Waals surface area contributed by atoms with Crippen LogP contribution in [0, 0.1) is 17.2 Å². The molecular formula is C16H22N2. The number of piperidine rings is 1. The molecule has 0 atom stereocenters. The molecule has 2 rings (SSSR count). The van der Waals surface area contributed by atoms with Crippen LogP contribution in [-0.4, -0.2) is 24.5 Å². The van der Waals surface area contributed by atoms with E-state index in [1.807, 2.05) is 0 Å². The van der Waals surface area contributed by atoms with E-state index in [0.29, 0.717) is 6.42 Å². The standard InChI is InChI=1S/C16H22N2/c17-10-4-5-11-18-12-8-16(9-13-18)14-15-6-2-1-3-7-15/h1-3,6-7,16H,4-5,8-9,11-14H2. The van der Waals surface area contributed by atoms with Crippen LogP contribution >= 0.6 is 0 Å². The monoisotopic (exact) mass is 242 g/mol. The predicted molar refractivity (Wildman–Crippen MR) is 74.2 cm³/mol. The van der Waals surface area contributed by atoms with E-state index in [1.54, 1.807) is 0 Å². The molecule has 0 bridgehead atoms. The third-order valence-electron chi connectivity index (χ3n) is 3.84. The Morgan fingerprint density at radius 1 is 1.17 bits per heavy atom. The van der Waals surface area contributed by atoms with Gasteiger partial charge in [0.2, 0.25) is 0 Å². The van der Waals surface area contributed by atoms with Gasteiger partial charge >= 0.3 is 0 Å². The number of nitrogens with zero attached hydrogens (tertiary/aromatic N) is 2. The average Bonchev–Trinajstić information content (AvgIpc) is 2.42. The summed E-state index contributed by atoms with van der Waals surface area (Å²) in [7, 11) is 0. The van der Waals surface area contributed by atoms with Gasteiger partial charge in [-0.25, -0.2) is 0 Å². The maximum atomic E-state index is 8.53. The number of rotatable bonds is 5. The van der Waals surface area contributed by atoms with Crippen molar-refractivity contribution in [3.8, 4) is 6.07 Å². The molecule has 0 saturated carbocycles. The minimum Gasteiger partial charge on any atom is -0.303 e. The number of nitriles is 1. The fourth-order valence-electron chi connectivity index (χ4n) is 2.74. The van der Waals surface area contributed by atoms with E-state index in [1.165, 1.54) is 37.9 Å².